The maximum Gasteiger partial charge on any atom is 0.266 e. The summed E-state index contributed by atoms with van der Waals surface area (Å²) in [5, 5.41) is 14.2. The third kappa shape index (κ3) is 3.14. The topological polar surface area (TPSA) is 71.8 Å². The van der Waals surface area contributed by atoms with E-state index in [1.165, 1.54) is 11.3 Å². The summed E-state index contributed by atoms with van der Waals surface area (Å²) in [5.41, 5.74) is 0. The summed E-state index contributed by atoms with van der Waals surface area (Å²) in [6.07, 6.45) is 4.09. The molecule has 0 aromatic carbocycles. The van der Waals surface area contributed by atoms with Crippen molar-refractivity contribution in [3.63, 3.8) is 0 Å². The van der Waals surface area contributed by atoms with Gasteiger partial charge in [0.15, 0.2) is 5.82 Å². The Kier molecular flexibility index (Phi) is 4.03. The van der Waals surface area contributed by atoms with Crippen LogP contribution < -0.4 is 10.6 Å². The van der Waals surface area contributed by atoms with Crippen LogP contribution in [0.25, 0.3) is 0 Å². The van der Waals surface area contributed by atoms with Gasteiger partial charge in [-0.15, -0.1) is 16.4 Å². The van der Waals surface area contributed by atoms with Crippen molar-refractivity contribution in [2.45, 2.75) is 38.8 Å². The Morgan fingerprint density at radius 2 is 2.38 bits per heavy atom. The molecule has 0 bridgehead atoms. The van der Waals surface area contributed by atoms with Crippen molar-refractivity contribution in [1.82, 2.24) is 20.3 Å². The number of amides is 1. The van der Waals surface area contributed by atoms with Crippen LogP contribution in [0.1, 0.15) is 53.3 Å². The van der Waals surface area contributed by atoms with Crippen LogP contribution in [0, 0.1) is 0 Å². The fraction of sp³-hybridized carbons (Fsp3) is 0.500. The molecule has 3 rings (SSSR count). The third-order valence-electron chi connectivity index (χ3n) is 3.54. The van der Waals surface area contributed by atoms with Gasteiger partial charge in [0.05, 0.1) is 11.1 Å². The zero-order valence-corrected chi connectivity index (χ0v) is 13.0. The Morgan fingerprint density at radius 3 is 3.05 bits per heavy atom. The lowest BCUT2D eigenvalue weighted by molar-refractivity contribution is 0.103. The van der Waals surface area contributed by atoms with Crippen LogP contribution in [0.3, 0.4) is 0 Å². The Bertz CT molecular complexity index is 627. The van der Waals surface area contributed by atoms with E-state index < -0.39 is 0 Å². The maximum atomic E-state index is 12.2. The standard InChI is InChI=1S/C14H19N5OS/c1-9(2)19-8-13(17-18-19)16-14(20)12-6-5-11(21-12)10-4-3-7-15-10/h5-6,8-10,15H,3-4,7H2,1-2H3,(H,16,20). The molecule has 0 saturated carbocycles. The van der Waals surface area contributed by atoms with Crippen LogP contribution in [-0.4, -0.2) is 27.4 Å². The highest BCUT2D eigenvalue weighted by Crippen LogP contribution is 2.29. The van der Waals surface area contributed by atoms with Crippen LogP contribution in [-0.2, 0) is 0 Å². The fourth-order valence-electron chi connectivity index (χ4n) is 2.35. The summed E-state index contributed by atoms with van der Waals surface area (Å²) in [4.78, 5) is 14.2. The molecule has 3 heterocycles. The maximum absolute atomic E-state index is 12.2. The van der Waals surface area contributed by atoms with Crippen molar-refractivity contribution in [1.29, 1.82) is 0 Å². The second-order valence-electron chi connectivity index (χ2n) is 5.48. The lowest BCUT2D eigenvalue weighted by Gasteiger charge is -2.05. The number of carbonyl (C=O) groups excluding carboxylic acids is 1. The molecule has 1 saturated heterocycles. The van der Waals surface area contributed by atoms with Crippen LogP contribution in [0.5, 0.6) is 0 Å². The van der Waals surface area contributed by atoms with E-state index in [0.29, 0.717) is 16.7 Å². The number of nitrogens with one attached hydrogen (secondary N) is 2. The molecule has 0 spiro atoms. The second-order valence-corrected chi connectivity index (χ2v) is 6.60. The Hall–Kier alpha value is -1.73. The molecule has 0 aliphatic carbocycles. The summed E-state index contributed by atoms with van der Waals surface area (Å²) in [5.74, 6) is 0.364. The van der Waals surface area contributed by atoms with Gasteiger partial charge in [-0.25, -0.2) is 4.68 Å². The summed E-state index contributed by atoms with van der Waals surface area (Å²) < 4.78 is 1.72. The van der Waals surface area contributed by atoms with Crippen molar-refractivity contribution in [2.24, 2.45) is 0 Å². The zero-order chi connectivity index (χ0) is 14.8. The number of rotatable bonds is 4. The van der Waals surface area contributed by atoms with Gasteiger partial charge in [-0.05, 0) is 45.4 Å². The van der Waals surface area contributed by atoms with Crippen LogP contribution >= 0.6 is 11.3 Å². The second kappa shape index (κ2) is 5.95. The summed E-state index contributed by atoms with van der Waals surface area (Å²) >= 11 is 1.54. The van der Waals surface area contributed by atoms with Gasteiger partial charge in [0, 0.05) is 17.0 Å². The third-order valence-corrected chi connectivity index (χ3v) is 4.73. The number of thiophene rings is 1. The number of hydrogen-bond acceptors (Lipinski definition) is 5. The van der Waals surface area contributed by atoms with Crippen molar-refractivity contribution < 1.29 is 4.79 Å². The number of nitrogens with zero attached hydrogens (tertiary/aromatic N) is 3. The van der Waals surface area contributed by atoms with Crippen molar-refractivity contribution in [3.05, 3.63) is 28.1 Å². The van der Waals surface area contributed by atoms with Crippen LogP contribution in [0.15, 0.2) is 18.3 Å². The van der Waals surface area contributed by atoms with Gasteiger partial charge < -0.3 is 10.6 Å². The first-order valence-corrected chi connectivity index (χ1v) is 8.01. The molecule has 1 unspecified atom stereocenters. The van der Waals surface area contributed by atoms with E-state index >= 15 is 0 Å². The first kappa shape index (κ1) is 14.2. The molecule has 1 amide bonds. The van der Waals surface area contributed by atoms with E-state index in [2.05, 4.69) is 20.9 Å². The number of carbonyl (C=O) groups is 1. The minimum absolute atomic E-state index is 0.125. The monoisotopic (exact) mass is 305 g/mol. The molecule has 2 aromatic heterocycles. The van der Waals surface area contributed by atoms with Gasteiger partial charge in [-0.1, -0.05) is 5.21 Å². The average molecular weight is 305 g/mol. The highest BCUT2D eigenvalue weighted by molar-refractivity contribution is 7.14. The summed E-state index contributed by atoms with van der Waals surface area (Å²) in [6.45, 7) is 5.09. The Morgan fingerprint density at radius 1 is 1.52 bits per heavy atom. The molecular formula is C14H19N5OS. The molecule has 1 fully saturated rings. The van der Waals surface area contributed by atoms with Gasteiger partial charge in [0.1, 0.15) is 0 Å². The summed E-state index contributed by atoms with van der Waals surface area (Å²) in [7, 11) is 0. The molecular weight excluding hydrogens is 286 g/mol. The van der Waals surface area contributed by atoms with Gasteiger partial charge >= 0.3 is 0 Å². The van der Waals surface area contributed by atoms with E-state index in [-0.39, 0.29) is 11.9 Å². The summed E-state index contributed by atoms with van der Waals surface area (Å²) in [6, 6.07) is 4.54. The van der Waals surface area contributed by atoms with E-state index in [9.17, 15) is 4.79 Å². The average Bonchev–Trinajstić information content (AvgIpc) is 3.19. The van der Waals surface area contributed by atoms with E-state index in [4.69, 9.17) is 0 Å². The van der Waals surface area contributed by atoms with Crippen molar-refractivity contribution in [2.75, 3.05) is 11.9 Å². The number of anilines is 1. The predicted molar refractivity (Wildman–Crippen MR) is 82.7 cm³/mol. The van der Waals surface area contributed by atoms with Gasteiger partial charge in [0.2, 0.25) is 0 Å². The predicted octanol–water partition coefficient (Wildman–Crippen LogP) is 2.60. The molecule has 21 heavy (non-hydrogen) atoms. The molecule has 1 aliphatic rings. The fourth-order valence-corrected chi connectivity index (χ4v) is 3.37. The Labute approximate surface area is 127 Å². The lowest BCUT2D eigenvalue weighted by Crippen LogP contribution is -2.12. The molecule has 7 heteroatoms. The van der Waals surface area contributed by atoms with E-state index in [1.807, 2.05) is 26.0 Å². The lowest BCUT2D eigenvalue weighted by atomic mass is 10.2. The minimum Gasteiger partial charge on any atom is -0.309 e. The van der Waals surface area contributed by atoms with Gasteiger partial charge in [-0.3, -0.25) is 4.79 Å². The molecule has 1 atom stereocenters. The molecule has 2 aromatic rings. The van der Waals surface area contributed by atoms with Crippen LogP contribution in [0.4, 0.5) is 5.82 Å². The highest BCUT2D eigenvalue weighted by Gasteiger charge is 2.20. The van der Waals surface area contributed by atoms with E-state index in [1.54, 1.807) is 22.2 Å². The van der Waals surface area contributed by atoms with E-state index in [0.717, 1.165) is 13.0 Å². The number of aromatic nitrogens is 3. The molecule has 1 aliphatic heterocycles. The number of hydrogen-bond donors (Lipinski definition) is 2. The molecule has 112 valence electrons. The normalized spacial score (nSPS) is 18.3. The van der Waals surface area contributed by atoms with Gasteiger partial charge in [0.25, 0.3) is 5.91 Å². The van der Waals surface area contributed by atoms with Crippen LogP contribution in [0.2, 0.25) is 0 Å². The molecule has 0 radical (unpaired) electrons. The highest BCUT2D eigenvalue weighted by atomic mass is 32.1. The van der Waals surface area contributed by atoms with Crippen molar-refractivity contribution in [3.8, 4) is 0 Å². The molecule has 2 N–H and O–H groups in total. The quantitative estimate of drug-likeness (QED) is 0.911. The largest absolute Gasteiger partial charge is 0.309 e. The Balaban J connectivity index is 1.67. The minimum atomic E-state index is -0.125. The molecule has 6 nitrogen and oxygen atoms in total. The van der Waals surface area contributed by atoms with Crippen molar-refractivity contribution >= 4 is 23.1 Å². The zero-order valence-electron chi connectivity index (χ0n) is 12.2. The smallest absolute Gasteiger partial charge is 0.266 e. The SMILES string of the molecule is CC(C)n1cc(NC(=O)c2ccc(C3CCCN3)s2)nn1. The first-order valence-electron chi connectivity index (χ1n) is 7.20. The first-order chi connectivity index (χ1) is 10.1. The van der Waals surface area contributed by atoms with Gasteiger partial charge in [-0.2, -0.15) is 0 Å².